The van der Waals surface area contributed by atoms with Crippen LogP contribution in [-0.4, -0.2) is 40.3 Å². The van der Waals surface area contributed by atoms with Gasteiger partial charge in [0.25, 0.3) is 15.8 Å². The van der Waals surface area contributed by atoms with Crippen LogP contribution in [0.25, 0.3) is 5.57 Å². The van der Waals surface area contributed by atoms with Gasteiger partial charge in [-0.3, -0.25) is 19.7 Å². The summed E-state index contributed by atoms with van der Waals surface area (Å²) in [5.41, 5.74) is 1.58. The molecule has 0 fully saturated rings. The second-order valence-electron chi connectivity index (χ2n) is 4.54. The largest absolute Gasteiger partial charge is 0.393 e. The van der Waals surface area contributed by atoms with Crippen molar-refractivity contribution in [2.24, 2.45) is 0 Å². The molecular formula is C12H16N2O6S. The Morgan fingerprint density at radius 1 is 1.48 bits per heavy atom. The molecule has 1 aromatic rings. The fourth-order valence-electron chi connectivity index (χ4n) is 1.87. The number of aromatic nitrogens is 1. The molecule has 8 nitrogen and oxygen atoms in total. The minimum Gasteiger partial charge on any atom is -0.393 e. The third kappa shape index (κ3) is 6.43. The van der Waals surface area contributed by atoms with Gasteiger partial charge in [0, 0.05) is 6.20 Å². The van der Waals surface area contributed by atoms with Gasteiger partial charge in [0.05, 0.1) is 22.8 Å². The monoisotopic (exact) mass is 316 g/mol. The van der Waals surface area contributed by atoms with Crippen molar-refractivity contribution in [3.8, 4) is 0 Å². The van der Waals surface area contributed by atoms with Crippen molar-refractivity contribution in [2.75, 3.05) is 6.26 Å². The predicted octanol–water partition coefficient (Wildman–Crippen LogP) is 1.42. The van der Waals surface area contributed by atoms with Crippen LogP contribution in [0.4, 0.5) is 5.69 Å². The lowest BCUT2D eigenvalue weighted by atomic mass is 9.92. The Kier molecular flexibility index (Phi) is 5.94. The van der Waals surface area contributed by atoms with Crippen LogP contribution in [0.1, 0.15) is 24.8 Å². The lowest BCUT2D eigenvalue weighted by molar-refractivity contribution is -0.385. The number of hydrogen-bond donors (Lipinski definition) is 2. The van der Waals surface area contributed by atoms with E-state index in [2.05, 4.69) is 4.98 Å². The minimum atomic E-state index is -3.67. The van der Waals surface area contributed by atoms with Crippen LogP contribution in [-0.2, 0) is 10.1 Å². The Hall–Kier alpha value is -1.84. The number of allylic oxidation sites excluding steroid dienone is 1. The number of aliphatic hydroxyl groups is 1. The highest BCUT2D eigenvalue weighted by molar-refractivity contribution is 7.85. The van der Waals surface area contributed by atoms with E-state index in [0.29, 0.717) is 31.1 Å². The highest BCUT2D eigenvalue weighted by Gasteiger charge is 2.20. The molecule has 0 radical (unpaired) electrons. The highest BCUT2D eigenvalue weighted by atomic mass is 32.2. The molecule has 0 bridgehead atoms. The molecule has 0 amide bonds. The molecule has 1 heterocycles. The number of pyridine rings is 1. The zero-order valence-corrected chi connectivity index (χ0v) is 12.2. The van der Waals surface area contributed by atoms with E-state index < -0.39 is 15.0 Å². The molecule has 0 saturated heterocycles. The van der Waals surface area contributed by atoms with Gasteiger partial charge >= 0.3 is 0 Å². The van der Waals surface area contributed by atoms with Crippen molar-refractivity contribution in [2.45, 2.75) is 25.4 Å². The van der Waals surface area contributed by atoms with Crippen LogP contribution in [0.15, 0.2) is 24.5 Å². The molecule has 1 unspecified atom stereocenters. The molecule has 2 N–H and O–H groups in total. The van der Waals surface area contributed by atoms with Gasteiger partial charge in [-0.25, -0.2) is 0 Å². The number of hydrogen-bond acceptors (Lipinski definition) is 6. The Morgan fingerprint density at radius 2 is 2.10 bits per heavy atom. The third-order valence-corrected chi connectivity index (χ3v) is 2.73. The second-order valence-corrected chi connectivity index (χ2v) is 6.01. The molecule has 1 aliphatic rings. The Balaban J connectivity index is 0.000000383. The maximum atomic E-state index is 10.8. The first-order valence-electron chi connectivity index (χ1n) is 6.07. The molecule has 9 heteroatoms. The van der Waals surface area contributed by atoms with Gasteiger partial charge < -0.3 is 5.11 Å². The molecule has 0 aromatic carbocycles. The quantitative estimate of drug-likeness (QED) is 0.479. The van der Waals surface area contributed by atoms with Gasteiger partial charge in [-0.1, -0.05) is 6.08 Å². The first-order valence-corrected chi connectivity index (χ1v) is 7.91. The van der Waals surface area contributed by atoms with Crippen molar-refractivity contribution < 1.29 is 23.0 Å². The van der Waals surface area contributed by atoms with Gasteiger partial charge in [0.1, 0.15) is 6.20 Å². The van der Waals surface area contributed by atoms with E-state index in [4.69, 9.17) is 4.55 Å². The van der Waals surface area contributed by atoms with Crippen LogP contribution >= 0.6 is 0 Å². The molecule has 1 aliphatic carbocycles. The lowest BCUT2D eigenvalue weighted by Gasteiger charge is -2.17. The summed E-state index contributed by atoms with van der Waals surface area (Å²) >= 11 is 0. The Morgan fingerprint density at radius 3 is 2.57 bits per heavy atom. The summed E-state index contributed by atoms with van der Waals surface area (Å²) in [6, 6.07) is 1.65. The van der Waals surface area contributed by atoms with Crippen molar-refractivity contribution in [3.63, 3.8) is 0 Å². The third-order valence-electron chi connectivity index (χ3n) is 2.73. The summed E-state index contributed by atoms with van der Waals surface area (Å²) in [7, 11) is -3.67. The van der Waals surface area contributed by atoms with Gasteiger partial charge in [-0.05, 0) is 30.9 Å². The lowest BCUT2D eigenvalue weighted by Crippen LogP contribution is -2.10. The SMILES string of the molecule is CS(=O)(=O)O.O=[N+]([O-])c1cnccc1C1=CCC(O)CC1. The van der Waals surface area contributed by atoms with Gasteiger partial charge in [-0.2, -0.15) is 8.42 Å². The summed E-state index contributed by atoms with van der Waals surface area (Å²) in [5.74, 6) is 0. The van der Waals surface area contributed by atoms with Crippen molar-refractivity contribution >= 4 is 21.4 Å². The van der Waals surface area contributed by atoms with Crippen molar-refractivity contribution in [1.29, 1.82) is 0 Å². The minimum absolute atomic E-state index is 0.0325. The summed E-state index contributed by atoms with van der Waals surface area (Å²) in [6.45, 7) is 0. The predicted molar refractivity (Wildman–Crippen MR) is 76.2 cm³/mol. The van der Waals surface area contributed by atoms with Crippen LogP contribution < -0.4 is 0 Å². The van der Waals surface area contributed by atoms with E-state index in [9.17, 15) is 23.6 Å². The zero-order valence-electron chi connectivity index (χ0n) is 11.3. The summed E-state index contributed by atoms with van der Waals surface area (Å²) in [6.07, 6.45) is 6.98. The number of rotatable bonds is 2. The topological polar surface area (TPSA) is 131 Å². The van der Waals surface area contributed by atoms with E-state index in [1.807, 2.05) is 6.08 Å². The summed E-state index contributed by atoms with van der Waals surface area (Å²) in [5, 5.41) is 20.2. The molecular weight excluding hydrogens is 300 g/mol. The Labute approximate surface area is 122 Å². The zero-order chi connectivity index (χ0) is 16.0. The number of nitro groups is 1. The average molecular weight is 316 g/mol. The van der Waals surface area contributed by atoms with Gasteiger partial charge in [-0.15, -0.1) is 0 Å². The first kappa shape index (κ1) is 17.2. The maximum absolute atomic E-state index is 10.8. The van der Waals surface area contributed by atoms with E-state index in [1.54, 1.807) is 12.3 Å². The molecule has 116 valence electrons. The van der Waals surface area contributed by atoms with Crippen LogP contribution in [0.2, 0.25) is 0 Å². The molecule has 21 heavy (non-hydrogen) atoms. The molecule has 1 aromatic heterocycles. The molecule has 0 saturated carbocycles. The first-order chi connectivity index (χ1) is 9.68. The summed E-state index contributed by atoms with van der Waals surface area (Å²) < 4.78 is 25.9. The van der Waals surface area contributed by atoms with E-state index >= 15 is 0 Å². The molecule has 0 aliphatic heterocycles. The van der Waals surface area contributed by atoms with E-state index in [-0.39, 0.29) is 11.8 Å². The Bertz CT molecular complexity index is 633. The fraction of sp³-hybridized carbons (Fsp3) is 0.417. The second kappa shape index (κ2) is 7.25. The highest BCUT2D eigenvalue weighted by Crippen LogP contribution is 2.31. The van der Waals surface area contributed by atoms with Crippen LogP contribution in [0, 0.1) is 10.1 Å². The maximum Gasteiger partial charge on any atom is 0.294 e. The normalized spacial score (nSPS) is 18.2. The fourth-order valence-corrected chi connectivity index (χ4v) is 1.87. The van der Waals surface area contributed by atoms with Crippen molar-refractivity contribution in [3.05, 3.63) is 40.2 Å². The standard InChI is InChI=1S/C11H12N2O3.CH4O3S/c14-9-3-1-8(2-4-9)10-5-6-12-7-11(10)13(15)16;1-5(2,3)4/h1,5-7,9,14H,2-4H2;1H3,(H,2,3,4). The van der Waals surface area contributed by atoms with E-state index in [1.165, 1.54) is 6.20 Å². The number of nitrogens with zero attached hydrogens (tertiary/aromatic N) is 2. The van der Waals surface area contributed by atoms with Crippen LogP contribution in [0.3, 0.4) is 0 Å². The molecule has 1 atom stereocenters. The van der Waals surface area contributed by atoms with Gasteiger partial charge in [0.15, 0.2) is 0 Å². The van der Waals surface area contributed by atoms with Gasteiger partial charge in [0.2, 0.25) is 0 Å². The molecule has 2 rings (SSSR count). The smallest absolute Gasteiger partial charge is 0.294 e. The van der Waals surface area contributed by atoms with E-state index in [0.717, 1.165) is 5.57 Å². The average Bonchev–Trinajstić information content (AvgIpc) is 2.37. The molecule has 0 spiro atoms. The number of aliphatic hydroxyl groups excluding tert-OH is 1. The van der Waals surface area contributed by atoms with Crippen LogP contribution in [0.5, 0.6) is 0 Å². The van der Waals surface area contributed by atoms with Crippen molar-refractivity contribution in [1.82, 2.24) is 4.98 Å². The summed E-state index contributed by atoms with van der Waals surface area (Å²) in [4.78, 5) is 14.2.